The smallest absolute Gasteiger partial charge is 0.352 e. The van der Waals surface area contributed by atoms with Gasteiger partial charge in [-0.2, -0.15) is 8.78 Å². The quantitative estimate of drug-likeness (QED) is 0.568. The van der Waals surface area contributed by atoms with E-state index < -0.39 is 15.9 Å². The summed E-state index contributed by atoms with van der Waals surface area (Å²) >= 11 is 6.26. The van der Waals surface area contributed by atoms with Crippen LogP contribution in [0.5, 0.6) is 0 Å². The summed E-state index contributed by atoms with van der Waals surface area (Å²) in [6, 6.07) is 0. The van der Waals surface area contributed by atoms with Gasteiger partial charge in [-0.15, -0.1) is 0 Å². The van der Waals surface area contributed by atoms with Crippen LogP contribution in [0.25, 0.3) is 0 Å². The minimum Gasteiger partial charge on any atom is -0.545 e. The minimum absolute atomic E-state index is 0.0152. The summed E-state index contributed by atoms with van der Waals surface area (Å²) in [5.41, 5.74) is 0. The third-order valence-corrected chi connectivity index (χ3v) is 1.98. The largest absolute Gasteiger partial charge is 0.545 e. The number of carboxylic acid groups (broad SMARTS) is 1. The van der Waals surface area contributed by atoms with Gasteiger partial charge in [0.05, 0.1) is 5.97 Å². The number of carbonyl (C=O) groups excluding carboxylic acids is 1. The highest BCUT2D eigenvalue weighted by molar-refractivity contribution is 9.10. The van der Waals surface area contributed by atoms with Crippen molar-refractivity contribution in [1.29, 1.82) is 0 Å². The van der Waals surface area contributed by atoms with E-state index in [1.54, 1.807) is 15.9 Å². The van der Waals surface area contributed by atoms with Crippen molar-refractivity contribution in [1.82, 2.24) is 0 Å². The number of halogens is 5. The summed E-state index contributed by atoms with van der Waals surface area (Å²) in [4.78, 5) is 5.66. The van der Waals surface area contributed by atoms with Crippen molar-refractivity contribution in [2.45, 2.75) is 9.96 Å². The van der Waals surface area contributed by atoms with Crippen LogP contribution in [0.1, 0.15) is 0 Å². The molecule has 0 N–H and O–H groups in total. The standard InChI is InChI=1S/C5H3BrClF3O2/c6-5(9,10)4(7,8)2-1-3(11)12/h1-2H,(H,11,12)/p-1/t4-/m0/s1. The predicted octanol–water partition coefficient (Wildman–Crippen LogP) is 1.18. The average Bonchev–Trinajstić information content (AvgIpc) is 1.81. The Balaban J connectivity index is 4.54. The maximum Gasteiger partial charge on any atom is 0.352 e. The lowest BCUT2D eigenvalue weighted by Crippen LogP contribution is -2.32. The van der Waals surface area contributed by atoms with Crippen LogP contribution in [0.15, 0.2) is 12.2 Å². The molecule has 0 radical (unpaired) electrons. The van der Waals surface area contributed by atoms with E-state index in [2.05, 4.69) is 11.6 Å². The van der Waals surface area contributed by atoms with E-state index in [9.17, 15) is 23.1 Å². The molecular formula is C5H2BrClF3O2-. The second-order valence-electron chi connectivity index (χ2n) is 1.77. The normalized spacial score (nSPS) is 17.8. The van der Waals surface area contributed by atoms with Gasteiger partial charge >= 0.3 is 4.83 Å². The summed E-state index contributed by atoms with van der Waals surface area (Å²) < 4.78 is 36.7. The van der Waals surface area contributed by atoms with E-state index in [1.165, 1.54) is 0 Å². The van der Waals surface area contributed by atoms with Crippen LogP contribution < -0.4 is 5.11 Å². The topological polar surface area (TPSA) is 40.1 Å². The molecule has 0 aliphatic rings. The van der Waals surface area contributed by atoms with E-state index in [0.717, 1.165) is 0 Å². The van der Waals surface area contributed by atoms with Crippen molar-refractivity contribution in [2.75, 3.05) is 0 Å². The Labute approximate surface area is 79.1 Å². The van der Waals surface area contributed by atoms with Gasteiger partial charge in [-0.25, -0.2) is 4.39 Å². The number of allylic oxidation sites excluding steroid dienone is 1. The molecule has 0 saturated carbocycles. The lowest BCUT2D eigenvalue weighted by atomic mass is 10.3. The Bertz CT molecular complexity index is 211. The van der Waals surface area contributed by atoms with Crippen molar-refractivity contribution >= 4 is 33.5 Å². The van der Waals surface area contributed by atoms with Crippen molar-refractivity contribution in [2.24, 2.45) is 0 Å². The lowest BCUT2D eigenvalue weighted by molar-refractivity contribution is -0.297. The minimum atomic E-state index is -4.03. The number of hydrogen-bond donors (Lipinski definition) is 0. The first-order chi connectivity index (χ1) is 5.17. The van der Waals surface area contributed by atoms with Crippen LogP contribution in [0.4, 0.5) is 13.2 Å². The van der Waals surface area contributed by atoms with E-state index in [1.807, 2.05) is 0 Å². The van der Waals surface area contributed by atoms with Crippen molar-refractivity contribution in [3.8, 4) is 0 Å². The fraction of sp³-hybridized carbons (Fsp3) is 0.400. The number of carboxylic acids is 1. The zero-order chi connectivity index (χ0) is 9.99. The molecule has 0 amide bonds. The molecule has 7 heteroatoms. The molecule has 0 aromatic carbocycles. The van der Waals surface area contributed by atoms with Crippen LogP contribution in [0.2, 0.25) is 0 Å². The highest BCUT2D eigenvalue weighted by Crippen LogP contribution is 2.42. The maximum atomic E-state index is 12.5. The van der Waals surface area contributed by atoms with Crippen molar-refractivity contribution in [3.05, 3.63) is 12.2 Å². The molecule has 1 atom stereocenters. The second-order valence-corrected chi connectivity index (χ2v) is 3.32. The molecule has 2 nitrogen and oxygen atoms in total. The third-order valence-electron chi connectivity index (χ3n) is 0.807. The molecule has 0 unspecified atom stereocenters. The summed E-state index contributed by atoms with van der Waals surface area (Å²) in [5, 5.41) is 6.11. The summed E-state index contributed by atoms with van der Waals surface area (Å²) in [6.45, 7) is 0. The molecule has 12 heavy (non-hydrogen) atoms. The van der Waals surface area contributed by atoms with Crippen LogP contribution in [0.3, 0.4) is 0 Å². The SMILES string of the molecule is O=C([O-])C=C[C@@](F)(Cl)C(F)(F)Br. The monoisotopic (exact) mass is 265 g/mol. The van der Waals surface area contributed by atoms with Gasteiger partial charge in [0.15, 0.2) is 0 Å². The van der Waals surface area contributed by atoms with Gasteiger partial charge in [0.25, 0.3) is 5.13 Å². The molecule has 0 aromatic rings. The molecule has 0 rings (SSSR count). The number of aliphatic carboxylic acids is 1. The first-order valence-electron chi connectivity index (χ1n) is 2.51. The van der Waals surface area contributed by atoms with E-state index in [-0.39, 0.29) is 12.2 Å². The first kappa shape index (κ1) is 11.8. The van der Waals surface area contributed by atoms with Gasteiger partial charge < -0.3 is 9.90 Å². The number of alkyl halides is 5. The van der Waals surface area contributed by atoms with Gasteiger partial charge in [0.1, 0.15) is 0 Å². The Kier molecular flexibility index (Phi) is 3.59. The van der Waals surface area contributed by atoms with Gasteiger partial charge in [0, 0.05) is 0 Å². The highest BCUT2D eigenvalue weighted by atomic mass is 79.9. The Morgan fingerprint density at radius 1 is 1.50 bits per heavy atom. The second kappa shape index (κ2) is 3.66. The van der Waals surface area contributed by atoms with Gasteiger partial charge in [-0.3, -0.25) is 0 Å². The molecular weight excluding hydrogens is 264 g/mol. The third kappa shape index (κ3) is 3.44. The molecule has 0 spiro atoms. The fourth-order valence-electron chi connectivity index (χ4n) is 0.267. The van der Waals surface area contributed by atoms with Crippen molar-refractivity contribution < 1.29 is 23.1 Å². The van der Waals surface area contributed by atoms with Crippen molar-refractivity contribution in [3.63, 3.8) is 0 Å². The molecule has 0 saturated heterocycles. The average molecular weight is 266 g/mol. The Morgan fingerprint density at radius 2 is 1.92 bits per heavy atom. The molecule has 0 bridgehead atoms. The summed E-state index contributed by atoms with van der Waals surface area (Å²) in [6.07, 6.45) is 0.0702. The van der Waals surface area contributed by atoms with Gasteiger partial charge in [0.2, 0.25) is 0 Å². The van der Waals surface area contributed by atoms with Crippen LogP contribution >= 0.6 is 27.5 Å². The Hall–Kier alpha value is -0.230. The molecule has 0 aromatic heterocycles. The number of rotatable bonds is 3. The van der Waals surface area contributed by atoms with Crippen LogP contribution in [-0.4, -0.2) is 15.9 Å². The predicted molar refractivity (Wildman–Crippen MR) is 37.7 cm³/mol. The van der Waals surface area contributed by atoms with Crippen LogP contribution in [0, 0.1) is 0 Å². The number of hydrogen-bond acceptors (Lipinski definition) is 2. The lowest BCUT2D eigenvalue weighted by Gasteiger charge is -2.18. The first-order valence-corrected chi connectivity index (χ1v) is 3.68. The van der Waals surface area contributed by atoms with E-state index in [0.29, 0.717) is 0 Å². The van der Waals surface area contributed by atoms with Gasteiger partial charge in [-0.05, 0) is 28.1 Å². The zero-order valence-corrected chi connectivity index (χ0v) is 7.70. The van der Waals surface area contributed by atoms with E-state index in [4.69, 9.17) is 0 Å². The maximum absolute atomic E-state index is 12.5. The van der Waals surface area contributed by atoms with E-state index >= 15 is 0 Å². The fourth-order valence-corrected chi connectivity index (χ4v) is 0.462. The van der Waals surface area contributed by atoms with Crippen LogP contribution in [-0.2, 0) is 4.79 Å². The highest BCUT2D eigenvalue weighted by Gasteiger charge is 2.49. The zero-order valence-electron chi connectivity index (χ0n) is 5.36. The number of carbonyl (C=O) groups is 1. The Morgan fingerprint density at radius 3 is 2.17 bits per heavy atom. The summed E-state index contributed by atoms with van der Waals surface area (Å²) in [7, 11) is 0. The molecule has 0 fully saturated rings. The molecule has 0 heterocycles. The molecule has 70 valence electrons. The molecule has 0 aliphatic carbocycles. The summed E-state index contributed by atoms with van der Waals surface area (Å²) in [5.74, 6) is -1.81. The van der Waals surface area contributed by atoms with Gasteiger partial charge in [-0.1, -0.05) is 11.6 Å². The molecule has 0 aliphatic heterocycles.